The lowest BCUT2D eigenvalue weighted by atomic mass is 9.93. The first kappa shape index (κ1) is 20.0. The smallest absolute Gasteiger partial charge is 0.226 e. The number of aliphatic hydroxyl groups is 3. The predicted molar refractivity (Wildman–Crippen MR) is 109 cm³/mol. The van der Waals surface area contributed by atoms with Gasteiger partial charge in [-0.2, -0.15) is 15.1 Å². The lowest BCUT2D eigenvalue weighted by Crippen LogP contribution is -2.47. The number of anilines is 1. The fourth-order valence-corrected chi connectivity index (χ4v) is 5.36. The van der Waals surface area contributed by atoms with E-state index in [-0.39, 0.29) is 5.28 Å². The van der Waals surface area contributed by atoms with E-state index in [1.54, 1.807) is 13.1 Å². The van der Waals surface area contributed by atoms with Gasteiger partial charge in [-0.1, -0.05) is 12.3 Å². The highest BCUT2D eigenvalue weighted by molar-refractivity contribution is 6.28. The van der Waals surface area contributed by atoms with Crippen molar-refractivity contribution in [3.8, 4) is 11.8 Å². The second kappa shape index (κ2) is 7.32. The zero-order chi connectivity index (χ0) is 21.0. The minimum absolute atomic E-state index is 0.0751. The molecule has 0 bridgehead atoms. The molecule has 4 heterocycles. The standard InChI is InChI=1S/C20H24ClN5O4/c1-2-6-20(29)14(10-27)30-18(15(20)28)26-17-13(7-22-26)16(23-19(21)24-17)25-8-11-4-3-5-12(11)9-25/h7,11-12,14-15,18,27-29H,3-5,8-10H2,1H3/t11-,12+,14-,15+,18-,20-/m1/s1. The minimum atomic E-state index is -1.92. The highest BCUT2D eigenvalue weighted by Gasteiger charge is 2.56. The molecule has 6 atom stereocenters. The summed E-state index contributed by atoms with van der Waals surface area (Å²) in [7, 11) is 0. The average Bonchev–Trinajstić information content (AvgIpc) is 3.45. The van der Waals surface area contributed by atoms with Crippen LogP contribution in [0.25, 0.3) is 11.0 Å². The summed E-state index contributed by atoms with van der Waals surface area (Å²) in [4.78, 5) is 11.0. The maximum absolute atomic E-state index is 10.8. The molecule has 5 rings (SSSR count). The van der Waals surface area contributed by atoms with Crippen LogP contribution in [0.1, 0.15) is 32.4 Å². The van der Waals surface area contributed by atoms with Gasteiger partial charge in [-0.25, -0.2) is 4.68 Å². The Hall–Kier alpha value is -1.96. The van der Waals surface area contributed by atoms with Gasteiger partial charge in [0, 0.05) is 13.1 Å². The molecule has 2 aromatic heterocycles. The van der Waals surface area contributed by atoms with Crippen LogP contribution in [-0.4, -0.2) is 72.6 Å². The molecular formula is C20H24ClN5O4. The van der Waals surface area contributed by atoms with E-state index in [0.717, 1.165) is 18.9 Å². The maximum Gasteiger partial charge on any atom is 0.226 e. The van der Waals surface area contributed by atoms with Crippen LogP contribution in [-0.2, 0) is 4.74 Å². The van der Waals surface area contributed by atoms with Crippen LogP contribution in [0.5, 0.6) is 0 Å². The second-order valence-electron chi connectivity index (χ2n) is 8.34. The van der Waals surface area contributed by atoms with Crippen LogP contribution in [0.15, 0.2) is 6.20 Å². The molecule has 10 heteroatoms. The monoisotopic (exact) mass is 433 g/mol. The van der Waals surface area contributed by atoms with E-state index in [1.165, 1.54) is 23.9 Å². The molecule has 0 unspecified atom stereocenters. The third kappa shape index (κ3) is 2.90. The molecule has 160 valence electrons. The first-order chi connectivity index (χ1) is 14.5. The van der Waals surface area contributed by atoms with Gasteiger partial charge in [-0.3, -0.25) is 0 Å². The number of aliphatic hydroxyl groups excluding tert-OH is 2. The van der Waals surface area contributed by atoms with Crippen LogP contribution in [0.4, 0.5) is 5.82 Å². The van der Waals surface area contributed by atoms with Crippen molar-refractivity contribution in [3.63, 3.8) is 0 Å². The minimum Gasteiger partial charge on any atom is -0.394 e. The Morgan fingerprint density at radius 3 is 2.70 bits per heavy atom. The highest BCUT2D eigenvalue weighted by atomic mass is 35.5. The number of hydrogen-bond donors (Lipinski definition) is 3. The normalized spacial score (nSPS) is 35.6. The number of hydrogen-bond acceptors (Lipinski definition) is 8. The summed E-state index contributed by atoms with van der Waals surface area (Å²) in [5.74, 6) is 7.23. The van der Waals surface area contributed by atoms with Gasteiger partial charge in [0.2, 0.25) is 5.28 Å². The van der Waals surface area contributed by atoms with Gasteiger partial charge >= 0.3 is 0 Å². The van der Waals surface area contributed by atoms with Gasteiger partial charge in [0.1, 0.15) is 18.0 Å². The quantitative estimate of drug-likeness (QED) is 0.479. The van der Waals surface area contributed by atoms with Crippen LogP contribution in [0, 0.1) is 23.7 Å². The summed E-state index contributed by atoms with van der Waals surface area (Å²) in [6.45, 7) is 2.90. The number of rotatable bonds is 3. The van der Waals surface area contributed by atoms with Crippen LogP contribution >= 0.6 is 11.6 Å². The molecular weight excluding hydrogens is 410 g/mol. The summed E-state index contributed by atoms with van der Waals surface area (Å²) in [6, 6.07) is 0. The van der Waals surface area contributed by atoms with Crippen molar-refractivity contribution >= 4 is 28.5 Å². The fraction of sp³-hybridized carbons (Fsp3) is 0.650. The molecule has 3 fully saturated rings. The molecule has 30 heavy (non-hydrogen) atoms. The number of ether oxygens (including phenoxy) is 1. The van der Waals surface area contributed by atoms with E-state index in [0.29, 0.717) is 22.9 Å². The highest BCUT2D eigenvalue weighted by Crippen LogP contribution is 2.42. The third-order valence-electron chi connectivity index (χ3n) is 6.68. The molecule has 1 aliphatic carbocycles. The summed E-state index contributed by atoms with van der Waals surface area (Å²) in [5, 5.41) is 36.4. The van der Waals surface area contributed by atoms with Gasteiger partial charge in [0.05, 0.1) is 18.2 Å². The second-order valence-corrected chi connectivity index (χ2v) is 8.68. The molecule has 0 aromatic carbocycles. The van der Waals surface area contributed by atoms with Crippen molar-refractivity contribution in [1.82, 2.24) is 19.7 Å². The zero-order valence-corrected chi connectivity index (χ0v) is 17.3. The van der Waals surface area contributed by atoms with Crippen molar-refractivity contribution in [1.29, 1.82) is 0 Å². The van der Waals surface area contributed by atoms with Gasteiger partial charge in [0.25, 0.3) is 0 Å². The summed E-state index contributed by atoms with van der Waals surface area (Å²) < 4.78 is 7.12. The number of fused-ring (bicyclic) bond motifs is 2. The van der Waals surface area contributed by atoms with Gasteiger partial charge in [-0.15, -0.1) is 5.92 Å². The molecule has 9 nitrogen and oxygen atoms in total. The van der Waals surface area contributed by atoms with Gasteiger partial charge < -0.3 is 25.0 Å². The average molecular weight is 434 g/mol. The van der Waals surface area contributed by atoms with Crippen LogP contribution < -0.4 is 4.90 Å². The van der Waals surface area contributed by atoms with E-state index in [2.05, 4.69) is 31.8 Å². The van der Waals surface area contributed by atoms with E-state index >= 15 is 0 Å². The van der Waals surface area contributed by atoms with Crippen molar-refractivity contribution in [3.05, 3.63) is 11.5 Å². The zero-order valence-electron chi connectivity index (χ0n) is 16.6. The predicted octanol–water partition coefficient (Wildman–Crippen LogP) is 0.721. The third-order valence-corrected chi connectivity index (χ3v) is 6.85. The van der Waals surface area contributed by atoms with Crippen LogP contribution in [0.3, 0.4) is 0 Å². The Bertz CT molecular complexity index is 1020. The van der Waals surface area contributed by atoms with Crippen LogP contribution in [0.2, 0.25) is 5.28 Å². The topological polar surface area (TPSA) is 117 Å². The Morgan fingerprint density at radius 1 is 1.30 bits per heavy atom. The molecule has 0 spiro atoms. The van der Waals surface area contributed by atoms with Gasteiger partial charge in [-0.05, 0) is 43.2 Å². The van der Waals surface area contributed by atoms with Crippen molar-refractivity contribution < 1.29 is 20.1 Å². The summed E-state index contributed by atoms with van der Waals surface area (Å²) in [5.41, 5.74) is -1.52. The largest absolute Gasteiger partial charge is 0.394 e. The number of halogens is 1. The Kier molecular flexibility index (Phi) is 4.87. The van der Waals surface area contributed by atoms with E-state index in [4.69, 9.17) is 16.3 Å². The first-order valence-electron chi connectivity index (χ1n) is 10.2. The van der Waals surface area contributed by atoms with Gasteiger partial charge in [0.15, 0.2) is 17.5 Å². The fourth-order valence-electron chi connectivity index (χ4n) is 5.20. The molecule has 3 N–H and O–H groups in total. The van der Waals surface area contributed by atoms with E-state index in [1.807, 2.05) is 0 Å². The van der Waals surface area contributed by atoms with Crippen molar-refractivity contribution in [2.24, 2.45) is 11.8 Å². The molecule has 0 radical (unpaired) electrons. The SMILES string of the molecule is CC#C[C@@]1(O)[C@@H](CO)O[C@@H](n2ncc3c(N4C[C@H]5CCC[C@H]5C4)nc(Cl)nc32)[C@@H]1O. The molecule has 3 aliphatic rings. The Labute approximate surface area is 178 Å². The molecule has 2 aromatic rings. The Balaban J connectivity index is 1.54. The number of nitrogens with zero attached hydrogens (tertiary/aromatic N) is 5. The summed E-state index contributed by atoms with van der Waals surface area (Å²) >= 11 is 6.25. The molecule has 2 aliphatic heterocycles. The molecule has 2 saturated heterocycles. The lowest BCUT2D eigenvalue weighted by molar-refractivity contribution is -0.0633. The molecule has 0 amide bonds. The van der Waals surface area contributed by atoms with Crippen molar-refractivity contribution in [2.45, 2.75) is 50.2 Å². The number of aromatic nitrogens is 4. The van der Waals surface area contributed by atoms with E-state index in [9.17, 15) is 15.3 Å². The van der Waals surface area contributed by atoms with Crippen molar-refractivity contribution in [2.75, 3.05) is 24.6 Å². The Morgan fingerprint density at radius 2 is 2.03 bits per heavy atom. The van der Waals surface area contributed by atoms with E-state index < -0.39 is 30.6 Å². The summed E-state index contributed by atoms with van der Waals surface area (Å²) in [6.07, 6.45) is 1.79. The lowest BCUT2D eigenvalue weighted by Gasteiger charge is -2.24. The molecule has 1 saturated carbocycles. The first-order valence-corrected chi connectivity index (χ1v) is 10.6. The maximum atomic E-state index is 10.8.